The van der Waals surface area contributed by atoms with Crippen molar-refractivity contribution in [3.05, 3.63) is 59.8 Å². The lowest BCUT2D eigenvalue weighted by molar-refractivity contribution is -0.121. The highest BCUT2D eigenvalue weighted by Gasteiger charge is 2.26. The molecular weight excluding hydrogens is 478 g/mol. The maximum atomic E-state index is 13.3. The third kappa shape index (κ3) is 6.03. The van der Waals surface area contributed by atoms with E-state index in [1.807, 2.05) is 42.5 Å². The van der Waals surface area contributed by atoms with Crippen LogP contribution in [0.3, 0.4) is 0 Å². The van der Waals surface area contributed by atoms with Crippen LogP contribution in [0.5, 0.6) is 17.2 Å². The Morgan fingerprint density at radius 1 is 1.11 bits per heavy atom. The third-order valence-electron chi connectivity index (χ3n) is 6.37. The quantitative estimate of drug-likeness (QED) is 0.444. The standard InChI is InChI=1S/C27H29N3O7/c1-33-20-7-5-19(6-8-20)24-14-22(29-37-24)27(32)30(16-21-3-2-12-34-21)11-10-26(31)28-15-18-4-9-23-25(13-18)36-17-35-23/h4-9,13-14,21H,2-3,10-12,15-17H2,1H3,(H,28,31)/t21-/m1/s1. The van der Waals surface area contributed by atoms with Crippen LogP contribution in [0.4, 0.5) is 0 Å². The molecule has 2 aromatic carbocycles. The molecule has 5 rings (SSSR count). The van der Waals surface area contributed by atoms with E-state index in [1.54, 1.807) is 18.1 Å². The lowest BCUT2D eigenvalue weighted by atomic mass is 10.1. The number of methoxy groups -OCH3 is 1. The molecule has 0 bridgehead atoms. The van der Waals surface area contributed by atoms with Gasteiger partial charge in [-0.05, 0) is 54.8 Å². The largest absolute Gasteiger partial charge is 0.497 e. The maximum absolute atomic E-state index is 13.3. The summed E-state index contributed by atoms with van der Waals surface area (Å²) in [4.78, 5) is 27.6. The number of hydrogen-bond acceptors (Lipinski definition) is 8. The molecule has 10 heteroatoms. The Labute approximate surface area is 214 Å². The number of hydrogen-bond donors (Lipinski definition) is 1. The van der Waals surface area contributed by atoms with Crippen molar-refractivity contribution >= 4 is 11.8 Å². The normalized spacial score (nSPS) is 16.0. The van der Waals surface area contributed by atoms with E-state index in [1.165, 1.54) is 0 Å². The fourth-order valence-corrected chi connectivity index (χ4v) is 4.32. The number of benzene rings is 2. The van der Waals surface area contributed by atoms with E-state index < -0.39 is 0 Å². The van der Waals surface area contributed by atoms with Gasteiger partial charge in [-0.25, -0.2) is 0 Å². The van der Waals surface area contributed by atoms with Crippen molar-refractivity contribution in [3.8, 4) is 28.6 Å². The molecule has 0 aliphatic carbocycles. The summed E-state index contributed by atoms with van der Waals surface area (Å²) in [7, 11) is 1.60. The number of aromatic nitrogens is 1. The number of carbonyl (C=O) groups is 2. The number of nitrogens with zero attached hydrogens (tertiary/aromatic N) is 2. The molecule has 1 atom stereocenters. The van der Waals surface area contributed by atoms with Gasteiger partial charge in [0, 0.05) is 44.3 Å². The van der Waals surface area contributed by atoms with Gasteiger partial charge in [-0.1, -0.05) is 11.2 Å². The first-order valence-electron chi connectivity index (χ1n) is 12.3. The van der Waals surface area contributed by atoms with Crippen LogP contribution in [0, 0.1) is 0 Å². The number of nitrogens with one attached hydrogen (secondary N) is 1. The van der Waals surface area contributed by atoms with Crippen molar-refractivity contribution in [1.29, 1.82) is 0 Å². The molecule has 1 saturated heterocycles. The number of ether oxygens (including phenoxy) is 4. The minimum atomic E-state index is -0.303. The van der Waals surface area contributed by atoms with E-state index in [-0.39, 0.29) is 43.4 Å². The molecule has 2 aliphatic heterocycles. The fourth-order valence-electron chi connectivity index (χ4n) is 4.32. The van der Waals surface area contributed by atoms with Gasteiger partial charge in [-0.3, -0.25) is 9.59 Å². The van der Waals surface area contributed by atoms with E-state index in [4.69, 9.17) is 23.5 Å². The topological polar surface area (TPSA) is 112 Å². The second kappa shape index (κ2) is 11.3. The molecule has 0 unspecified atom stereocenters. The molecule has 1 aromatic heterocycles. The summed E-state index contributed by atoms with van der Waals surface area (Å²) in [5.41, 5.74) is 1.86. The molecule has 194 valence electrons. The highest BCUT2D eigenvalue weighted by Crippen LogP contribution is 2.32. The molecule has 3 aromatic rings. The van der Waals surface area contributed by atoms with Crippen LogP contribution in [-0.2, 0) is 16.1 Å². The highest BCUT2D eigenvalue weighted by atomic mass is 16.7. The third-order valence-corrected chi connectivity index (χ3v) is 6.37. The number of rotatable bonds is 10. The summed E-state index contributed by atoms with van der Waals surface area (Å²) in [6.07, 6.45) is 1.91. The van der Waals surface area contributed by atoms with Gasteiger partial charge in [-0.15, -0.1) is 0 Å². The second-order valence-corrected chi connectivity index (χ2v) is 8.91. The lowest BCUT2D eigenvalue weighted by Crippen LogP contribution is -2.40. The van der Waals surface area contributed by atoms with E-state index >= 15 is 0 Å². The Morgan fingerprint density at radius 3 is 2.73 bits per heavy atom. The Bertz CT molecular complexity index is 1240. The number of fused-ring (bicyclic) bond motifs is 1. The zero-order valence-electron chi connectivity index (χ0n) is 20.6. The summed E-state index contributed by atoms with van der Waals surface area (Å²) in [6.45, 7) is 1.85. The average Bonchev–Trinajstić information content (AvgIpc) is 3.71. The molecular formula is C27H29N3O7. The molecule has 2 amide bonds. The van der Waals surface area contributed by atoms with E-state index in [0.29, 0.717) is 37.0 Å². The zero-order chi connectivity index (χ0) is 25.6. The fraction of sp³-hybridized carbons (Fsp3) is 0.370. The molecule has 3 heterocycles. The Balaban J connectivity index is 1.20. The van der Waals surface area contributed by atoms with Gasteiger partial charge in [-0.2, -0.15) is 0 Å². The first kappa shape index (κ1) is 24.6. The highest BCUT2D eigenvalue weighted by molar-refractivity contribution is 5.93. The van der Waals surface area contributed by atoms with Gasteiger partial charge in [0.05, 0.1) is 13.2 Å². The van der Waals surface area contributed by atoms with Crippen LogP contribution in [0.15, 0.2) is 53.1 Å². The number of amides is 2. The van der Waals surface area contributed by atoms with Crippen LogP contribution in [0.2, 0.25) is 0 Å². The van der Waals surface area contributed by atoms with Crippen molar-refractivity contribution in [2.45, 2.75) is 31.9 Å². The summed E-state index contributed by atoms with van der Waals surface area (Å²) in [6, 6.07) is 14.5. The molecule has 10 nitrogen and oxygen atoms in total. The molecule has 1 fully saturated rings. The van der Waals surface area contributed by atoms with Gasteiger partial charge < -0.3 is 33.7 Å². The Kier molecular flexibility index (Phi) is 7.55. The maximum Gasteiger partial charge on any atom is 0.276 e. The lowest BCUT2D eigenvalue weighted by Gasteiger charge is -2.24. The smallest absolute Gasteiger partial charge is 0.276 e. The predicted octanol–water partition coefficient (Wildman–Crippen LogP) is 3.41. The minimum Gasteiger partial charge on any atom is -0.497 e. The average molecular weight is 508 g/mol. The van der Waals surface area contributed by atoms with Crippen molar-refractivity contribution in [3.63, 3.8) is 0 Å². The molecule has 0 spiro atoms. The summed E-state index contributed by atoms with van der Waals surface area (Å²) >= 11 is 0. The van der Waals surface area contributed by atoms with Gasteiger partial charge in [0.2, 0.25) is 12.7 Å². The van der Waals surface area contributed by atoms with Crippen molar-refractivity contribution in [2.75, 3.05) is 33.6 Å². The van der Waals surface area contributed by atoms with E-state index in [9.17, 15) is 9.59 Å². The minimum absolute atomic E-state index is 0.0615. The van der Waals surface area contributed by atoms with Gasteiger partial charge in [0.1, 0.15) is 5.75 Å². The van der Waals surface area contributed by atoms with Crippen molar-refractivity contribution in [2.24, 2.45) is 0 Å². The van der Waals surface area contributed by atoms with Gasteiger partial charge >= 0.3 is 0 Å². The Morgan fingerprint density at radius 2 is 1.95 bits per heavy atom. The molecule has 1 N–H and O–H groups in total. The monoisotopic (exact) mass is 507 g/mol. The van der Waals surface area contributed by atoms with Crippen molar-refractivity contribution < 1.29 is 33.1 Å². The van der Waals surface area contributed by atoms with E-state index in [0.717, 1.165) is 29.7 Å². The molecule has 0 radical (unpaired) electrons. The Hall–Kier alpha value is -4.05. The van der Waals surface area contributed by atoms with Crippen LogP contribution in [0.1, 0.15) is 35.3 Å². The molecule has 0 saturated carbocycles. The zero-order valence-corrected chi connectivity index (χ0v) is 20.6. The van der Waals surface area contributed by atoms with Gasteiger partial charge in [0.25, 0.3) is 5.91 Å². The molecule has 2 aliphatic rings. The summed E-state index contributed by atoms with van der Waals surface area (Å²) in [5, 5.41) is 6.91. The first-order valence-corrected chi connectivity index (χ1v) is 12.3. The second-order valence-electron chi connectivity index (χ2n) is 8.91. The van der Waals surface area contributed by atoms with E-state index in [2.05, 4.69) is 10.5 Å². The predicted molar refractivity (Wildman–Crippen MR) is 132 cm³/mol. The van der Waals surface area contributed by atoms with Gasteiger partial charge in [0.15, 0.2) is 23.0 Å². The van der Waals surface area contributed by atoms with Crippen LogP contribution in [-0.4, -0.2) is 61.6 Å². The summed E-state index contributed by atoms with van der Waals surface area (Å²) in [5.74, 6) is 2.09. The molecule has 37 heavy (non-hydrogen) atoms. The van der Waals surface area contributed by atoms with Crippen LogP contribution >= 0.6 is 0 Å². The van der Waals surface area contributed by atoms with Crippen molar-refractivity contribution in [1.82, 2.24) is 15.4 Å². The van der Waals surface area contributed by atoms with Crippen LogP contribution < -0.4 is 19.5 Å². The first-order chi connectivity index (χ1) is 18.1. The summed E-state index contributed by atoms with van der Waals surface area (Å²) < 4.78 is 27.1. The van der Waals surface area contributed by atoms with Crippen LogP contribution in [0.25, 0.3) is 11.3 Å². The SMILES string of the molecule is COc1ccc(-c2cc(C(=O)N(CCC(=O)NCc3ccc4c(c3)OCO4)C[C@H]3CCCO3)no2)cc1. The number of carbonyl (C=O) groups excluding carboxylic acids is 2.